The molecule has 1 spiro atoms. The Morgan fingerprint density at radius 2 is 1.59 bits per heavy atom. The van der Waals surface area contributed by atoms with Gasteiger partial charge in [0.05, 0.1) is 30.1 Å². The molecule has 11 nitrogen and oxygen atoms in total. The number of aromatic nitrogens is 3. The molecule has 2 saturated heterocycles. The van der Waals surface area contributed by atoms with Gasteiger partial charge in [0.1, 0.15) is 5.52 Å². The van der Waals surface area contributed by atoms with Crippen LogP contribution in [0.3, 0.4) is 0 Å². The number of nitrogens with one attached hydrogen (secondary N) is 1. The van der Waals surface area contributed by atoms with E-state index in [0.717, 1.165) is 64.5 Å². The van der Waals surface area contributed by atoms with Crippen LogP contribution in [0.5, 0.6) is 0 Å². The van der Waals surface area contributed by atoms with Crippen molar-refractivity contribution < 1.29 is 19.1 Å². The van der Waals surface area contributed by atoms with Gasteiger partial charge in [-0.05, 0) is 102 Å². The number of anilines is 2. The smallest absolute Gasteiger partial charge is 0.292 e. The molecule has 0 atom stereocenters. The molecule has 6 aliphatic rings. The van der Waals surface area contributed by atoms with Crippen LogP contribution < -0.4 is 10.2 Å². The molecule has 1 N–H and O–H groups in total. The number of carbonyl (C=O) groups is 3. The highest BCUT2D eigenvalue weighted by Crippen LogP contribution is 2.52. The molecule has 0 radical (unpaired) electrons. The summed E-state index contributed by atoms with van der Waals surface area (Å²) in [5, 5.41) is 3.67. The van der Waals surface area contributed by atoms with Gasteiger partial charge in [0.25, 0.3) is 6.47 Å². The minimum Gasteiger partial charge on any atom is -0.471 e. The summed E-state index contributed by atoms with van der Waals surface area (Å²) in [4.78, 5) is 51.6. The molecule has 2 amide bonds. The molecule has 1 aromatic carbocycles. The van der Waals surface area contributed by atoms with E-state index in [1.165, 1.54) is 84.4 Å². The van der Waals surface area contributed by atoms with E-state index in [1.807, 2.05) is 11.2 Å². The first-order chi connectivity index (χ1) is 26.3. The van der Waals surface area contributed by atoms with Crippen molar-refractivity contribution in [2.75, 3.05) is 43.5 Å². The molecular weight excluding hydrogens is 679 g/mol. The molecule has 3 saturated carbocycles. The number of fused-ring (bicyclic) bond motifs is 3. The maximum atomic E-state index is 14.5. The summed E-state index contributed by atoms with van der Waals surface area (Å²) in [6.45, 7) is 10.7. The summed E-state index contributed by atoms with van der Waals surface area (Å²) >= 11 is 0. The van der Waals surface area contributed by atoms with Crippen molar-refractivity contribution in [3.05, 3.63) is 36.2 Å². The summed E-state index contributed by atoms with van der Waals surface area (Å²) in [7, 11) is 1.31. The minimum absolute atomic E-state index is 0.223. The summed E-state index contributed by atoms with van der Waals surface area (Å²) in [6.07, 6.45) is 20.0. The predicted octanol–water partition coefficient (Wildman–Crippen LogP) is 7.48. The van der Waals surface area contributed by atoms with Crippen LogP contribution in [0, 0.1) is 5.92 Å². The summed E-state index contributed by atoms with van der Waals surface area (Å²) in [5.74, 6) is 2.17. The van der Waals surface area contributed by atoms with Crippen molar-refractivity contribution in [2.24, 2.45) is 5.92 Å². The van der Waals surface area contributed by atoms with E-state index >= 15 is 0 Å². The molecule has 5 heterocycles. The standard InChI is InChI=1S/C34H43N7O2.C7H14.C2H4O2/c1-22(2)40-20-35-29-19-28(37-32(31(29)40)36-24-7-8-24)23-6-9-27-30(16-23)41(26-17-25(18-26)39-12-4-3-5-13-39)33(43)34(27)10-14-38(21-42)15-11-34;1-7-5-3-2-4-6-7;1-4-2-3/h6,9,16,19-22,24-26H,3-5,7-8,10-15,17-18H2,1-2H3,(H,36,37);7H,2-6H2,1H3;2H,1H3. The number of rotatable bonds is 8. The fourth-order valence-corrected chi connectivity index (χ4v) is 9.39. The number of hydrogen-bond acceptors (Lipinski definition) is 8. The highest BCUT2D eigenvalue weighted by atomic mass is 16.5. The molecule has 11 heteroatoms. The Morgan fingerprint density at radius 1 is 0.907 bits per heavy atom. The number of methoxy groups -OCH3 is 1. The van der Waals surface area contributed by atoms with E-state index in [9.17, 15) is 9.59 Å². The first-order valence-corrected chi connectivity index (χ1v) is 20.8. The molecular formula is C43H61N7O4. The number of imidazole rings is 1. The summed E-state index contributed by atoms with van der Waals surface area (Å²) in [5.41, 5.74) is 5.54. The highest BCUT2D eigenvalue weighted by molar-refractivity contribution is 6.09. The van der Waals surface area contributed by atoms with E-state index in [1.54, 1.807) is 0 Å². The third-order valence-corrected chi connectivity index (χ3v) is 12.9. The molecule has 0 bridgehead atoms. The Kier molecular flexibility index (Phi) is 11.9. The second-order valence-electron chi connectivity index (χ2n) is 17.0. The Labute approximate surface area is 321 Å². The van der Waals surface area contributed by atoms with E-state index in [-0.39, 0.29) is 18.0 Å². The monoisotopic (exact) mass is 739 g/mol. The number of carbonyl (C=O) groups excluding carboxylic acids is 3. The summed E-state index contributed by atoms with van der Waals surface area (Å²) < 4.78 is 6.06. The number of amides is 2. The molecule has 5 fully saturated rings. The third-order valence-electron chi connectivity index (χ3n) is 12.9. The Balaban J connectivity index is 0.000000357. The van der Waals surface area contributed by atoms with Crippen LogP contribution in [-0.2, 0) is 24.5 Å². The topological polar surface area (TPSA) is 113 Å². The maximum Gasteiger partial charge on any atom is 0.292 e. The first-order valence-electron chi connectivity index (χ1n) is 20.8. The molecule has 2 aromatic heterocycles. The van der Waals surface area contributed by atoms with Crippen molar-refractivity contribution in [1.29, 1.82) is 0 Å². The van der Waals surface area contributed by atoms with Crippen LogP contribution >= 0.6 is 0 Å². The zero-order valence-corrected chi connectivity index (χ0v) is 33.0. The third kappa shape index (κ3) is 7.88. The van der Waals surface area contributed by atoms with Gasteiger partial charge in [-0.25, -0.2) is 9.97 Å². The lowest BCUT2D eigenvalue weighted by molar-refractivity contribution is -0.128. The zero-order chi connectivity index (χ0) is 37.8. The lowest BCUT2D eigenvalue weighted by Crippen LogP contribution is -2.58. The van der Waals surface area contributed by atoms with Gasteiger partial charge in [-0.1, -0.05) is 57.6 Å². The number of benzene rings is 1. The molecule has 3 aliphatic heterocycles. The van der Waals surface area contributed by atoms with Crippen molar-refractivity contribution in [3.63, 3.8) is 0 Å². The molecule has 3 aromatic rings. The minimum atomic E-state index is -0.546. The average molecular weight is 740 g/mol. The van der Waals surface area contributed by atoms with Gasteiger partial charge in [0.15, 0.2) is 5.82 Å². The van der Waals surface area contributed by atoms with Crippen LogP contribution in [0.2, 0.25) is 0 Å². The largest absolute Gasteiger partial charge is 0.471 e. The number of piperidine rings is 2. The SMILES string of the molecule is CC(C)n1cnc2cc(-c3ccc4c(c3)N(C3CC(N5CCCCC5)C3)C(=O)C43CCN(C=O)CC3)nc(NC3CC3)c21.CC1CCCCC1.COC=O. The Morgan fingerprint density at radius 3 is 2.19 bits per heavy atom. The van der Waals surface area contributed by atoms with Gasteiger partial charge in [0.2, 0.25) is 12.3 Å². The van der Waals surface area contributed by atoms with Crippen LogP contribution in [0.25, 0.3) is 22.3 Å². The van der Waals surface area contributed by atoms with Crippen LogP contribution in [-0.4, -0.2) is 94.5 Å². The number of hydrogen-bond donors (Lipinski definition) is 1. The van der Waals surface area contributed by atoms with Gasteiger partial charge >= 0.3 is 0 Å². The van der Waals surface area contributed by atoms with E-state index in [0.29, 0.717) is 44.5 Å². The van der Waals surface area contributed by atoms with Gasteiger partial charge in [0, 0.05) is 48.5 Å². The molecule has 54 heavy (non-hydrogen) atoms. The number of nitrogens with zero attached hydrogens (tertiary/aromatic N) is 6. The van der Waals surface area contributed by atoms with Crippen LogP contribution in [0.1, 0.15) is 122 Å². The Hall–Kier alpha value is -3.99. The molecule has 0 unspecified atom stereocenters. The number of pyridine rings is 1. The van der Waals surface area contributed by atoms with Crippen molar-refractivity contribution in [1.82, 2.24) is 24.3 Å². The quantitative estimate of drug-likeness (QED) is 0.237. The van der Waals surface area contributed by atoms with Crippen LogP contribution in [0.15, 0.2) is 30.6 Å². The lowest BCUT2D eigenvalue weighted by atomic mass is 9.73. The van der Waals surface area contributed by atoms with Gasteiger partial charge in [-0.2, -0.15) is 0 Å². The second kappa shape index (κ2) is 16.8. The number of ether oxygens (including phenoxy) is 1. The first kappa shape index (κ1) is 38.3. The van der Waals surface area contributed by atoms with E-state index < -0.39 is 5.41 Å². The van der Waals surface area contributed by atoms with Crippen molar-refractivity contribution in [2.45, 2.75) is 140 Å². The molecule has 3 aliphatic carbocycles. The zero-order valence-electron chi connectivity index (χ0n) is 33.0. The second-order valence-corrected chi connectivity index (χ2v) is 17.0. The predicted molar refractivity (Wildman–Crippen MR) is 214 cm³/mol. The van der Waals surface area contributed by atoms with Gasteiger partial charge < -0.3 is 29.3 Å². The lowest BCUT2D eigenvalue weighted by Gasteiger charge is -2.48. The van der Waals surface area contributed by atoms with Gasteiger partial charge in [-0.15, -0.1) is 0 Å². The van der Waals surface area contributed by atoms with Crippen LogP contribution in [0.4, 0.5) is 11.5 Å². The van der Waals surface area contributed by atoms with E-state index in [2.05, 4.69) is 69.5 Å². The van der Waals surface area contributed by atoms with Gasteiger partial charge in [-0.3, -0.25) is 14.4 Å². The Bertz CT molecular complexity index is 1760. The summed E-state index contributed by atoms with van der Waals surface area (Å²) in [6, 6.07) is 10.2. The average Bonchev–Trinajstić information content (AvgIpc) is 3.84. The molecule has 292 valence electrons. The van der Waals surface area contributed by atoms with Crippen molar-refractivity contribution >= 4 is 41.3 Å². The fourth-order valence-electron chi connectivity index (χ4n) is 9.39. The molecule has 9 rings (SSSR count). The number of likely N-dealkylation sites (tertiary alicyclic amines) is 2. The highest BCUT2D eigenvalue weighted by Gasteiger charge is 2.55. The van der Waals surface area contributed by atoms with Crippen molar-refractivity contribution in [3.8, 4) is 11.3 Å². The normalized spacial score (nSPS) is 23.9. The van der Waals surface area contributed by atoms with E-state index in [4.69, 9.17) is 14.8 Å². The maximum absolute atomic E-state index is 14.5. The fraction of sp³-hybridized carbons (Fsp3) is 0.651.